The van der Waals surface area contributed by atoms with Crippen LogP contribution in [0.3, 0.4) is 0 Å². The monoisotopic (exact) mass is 395 g/mol. The van der Waals surface area contributed by atoms with E-state index in [1.165, 1.54) is 19.2 Å². The largest absolute Gasteiger partial charge is 0.496 e. The molecule has 7 heteroatoms. The van der Waals surface area contributed by atoms with E-state index >= 15 is 0 Å². The maximum absolute atomic E-state index is 12.8. The van der Waals surface area contributed by atoms with Gasteiger partial charge in [0.2, 0.25) is 0 Å². The lowest BCUT2D eigenvalue weighted by atomic mass is 10.2. The molecule has 0 atom stereocenters. The minimum absolute atomic E-state index is 0.227. The van der Waals surface area contributed by atoms with Crippen LogP contribution < -0.4 is 10.1 Å². The fourth-order valence-corrected chi connectivity index (χ4v) is 2.40. The summed E-state index contributed by atoms with van der Waals surface area (Å²) in [4.78, 5) is 23.6. The van der Waals surface area contributed by atoms with Gasteiger partial charge in [-0.15, -0.1) is 0 Å². The Balaban J connectivity index is 1.81. The van der Waals surface area contributed by atoms with Crippen LogP contribution in [0.2, 0.25) is 0 Å². The number of hydrogen-bond donors (Lipinski definition) is 1. The van der Waals surface area contributed by atoms with Crippen molar-refractivity contribution in [3.8, 4) is 5.75 Å². The molecule has 5 nitrogen and oxygen atoms in total. The van der Waals surface area contributed by atoms with Gasteiger partial charge in [-0.3, -0.25) is 4.79 Å². The van der Waals surface area contributed by atoms with Crippen molar-refractivity contribution in [2.24, 2.45) is 0 Å². The second-order valence-corrected chi connectivity index (χ2v) is 5.68. The first kappa shape index (κ1) is 17.9. The van der Waals surface area contributed by atoms with Gasteiger partial charge in [-0.05, 0) is 51.8 Å². The smallest absolute Gasteiger partial charge is 0.338 e. The van der Waals surface area contributed by atoms with Crippen LogP contribution >= 0.6 is 15.9 Å². The summed E-state index contributed by atoms with van der Waals surface area (Å²) in [6.45, 7) is -0.172. The van der Waals surface area contributed by atoms with Crippen LogP contribution in [-0.4, -0.2) is 25.6 Å². The first-order valence-corrected chi connectivity index (χ1v) is 7.80. The Hall–Kier alpha value is -2.41. The number of carbonyl (C=O) groups is 2. The minimum atomic E-state index is -0.615. The van der Waals surface area contributed by atoms with Gasteiger partial charge >= 0.3 is 5.97 Å². The zero-order valence-corrected chi connectivity index (χ0v) is 14.4. The van der Waals surface area contributed by atoms with E-state index in [1.54, 1.807) is 30.3 Å². The second kappa shape index (κ2) is 8.44. The summed E-state index contributed by atoms with van der Waals surface area (Å²) in [7, 11) is 1.52. The molecule has 2 aromatic rings. The highest BCUT2D eigenvalue weighted by Gasteiger charge is 2.12. The van der Waals surface area contributed by atoms with Gasteiger partial charge in [-0.2, -0.15) is 0 Å². The Morgan fingerprint density at radius 1 is 1.17 bits per heavy atom. The molecule has 0 aliphatic rings. The predicted molar refractivity (Wildman–Crippen MR) is 89.2 cm³/mol. The SMILES string of the molecule is COc1ccc(C(=O)OCC(=O)NCc2ccc(F)cc2)cc1Br. The Labute approximate surface area is 146 Å². The third-order valence-corrected chi connectivity index (χ3v) is 3.74. The van der Waals surface area contributed by atoms with Crippen LogP contribution in [0, 0.1) is 5.82 Å². The molecule has 1 amide bonds. The fourth-order valence-electron chi connectivity index (χ4n) is 1.86. The van der Waals surface area contributed by atoms with E-state index in [1.807, 2.05) is 0 Å². The summed E-state index contributed by atoms with van der Waals surface area (Å²) in [6, 6.07) is 10.5. The lowest BCUT2D eigenvalue weighted by molar-refractivity contribution is -0.124. The van der Waals surface area contributed by atoms with Crippen molar-refractivity contribution < 1.29 is 23.5 Å². The van der Waals surface area contributed by atoms with Crippen molar-refractivity contribution in [2.75, 3.05) is 13.7 Å². The molecule has 0 aromatic heterocycles. The maximum atomic E-state index is 12.8. The van der Waals surface area contributed by atoms with Gasteiger partial charge in [0.05, 0.1) is 17.1 Å². The number of ether oxygens (including phenoxy) is 2. The Kier molecular flexibility index (Phi) is 6.31. The molecular weight excluding hydrogens is 381 g/mol. The predicted octanol–water partition coefficient (Wildman–Crippen LogP) is 3.07. The van der Waals surface area contributed by atoms with Crippen molar-refractivity contribution in [1.82, 2.24) is 5.32 Å². The average molecular weight is 396 g/mol. The molecule has 2 rings (SSSR count). The summed E-state index contributed by atoms with van der Waals surface area (Å²) in [5.74, 6) is -0.816. The van der Waals surface area contributed by atoms with Crippen LogP contribution in [0.1, 0.15) is 15.9 Å². The summed E-state index contributed by atoms with van der Waals surface area (Å²) in [6.07, 6.45) is 0. The first-order valence-electron chi connectivity index (χ1n) is 7.01. The quantitative estimate of drug-likeness (QED) is 0.763. The van der Waals surface area contributed by atoms with Crippen LogP contribution in [0.15, 0.2) is 46.9 Å². The molecule has 0 saturated heterocycles. The van der Waals surface area contributed by atoms with E-state index in [4.69, 9.17) is 9.47 Å². The molecule has 0 aliphatic carbocycles. The topological polar surface area (TPSA) is 64.6 Å². The fraction of sp³-hybridized carbons (Fsp3) is 0.176. The molecule has 24 heavy (non-hydrogen) atoms. The number of rotatable bonds is 6. The molecular formula is C17H15BrFNO4. The van der Waals surface area contributed by atoms with Gasteiger partial charge < -0.3 is 14.8 Å². The summed E-state index contributed by atoms with van der Waals surface area (Å²) in [5, 5.41) is 2.59. The molecule has 0 aliphatic heterocycles. The number of methoxy groups -OCH3 is 1. The third kappa shape index (κ3) is 5.06. The summed E-state index contributed by atoms with van der Waals surface area (Å²) < 4.78 is 23.4. The highest BCUT2D eigenvalue weighted by Crippen LogP contribution is 2.25. The number of esters is 1. The molecule has 0 radical (unpaired) electrons. The van der Waals surface area contributed by atoms with Gasteiger partial charge in [-0.1, -0.05) is 12.1 Å². The van der Waals surface area contributed by atoms with E-state index in [9.17, 15) is 14.0 Å². The maximum Gasteiger partial charge on any atom is 0.338 e. The van der Waals surface area contributed by atoms with E-state index in [0.717, 1.165) is 5.56 Å². The normalized spacial score (nSPS) is 10.1. The molecule has 0 unspecified atom stereocenters. The number of nitrogens with one attached hydrogen (secondary N) is 1. The Morgan fingerprint density at radius 3 is 2.50 bits per heavy atom. The second-order valence-electron chi connectivity index (χ2n) is 4.83. The van der Waals surface area contributed by atoms with Gasteiger partial charge in [-0.25, -0.2) is 9.18 Å². The van der Waals surface area contributed by atoms with Crippen molar-refractivity contribution in [3.05, 3.63) is 63.9 Å². The lowest BCUT2D eigenvalue weighted by Gasteiger charge is -2.08. The first-order chi connectivity index (χ1) is 11.5. The number of amides is 1. The highest BCUT2D eigenvalue weighted by molar-refractivity contribution is 9.10. The van der Waals surface area contributed by atoms with Crippen molar-refractivity contribution in [2.45, 2.75) is 6.54 Å². The van der Waals surface area contributed by atoms with E-state index < -0.39 is 18.5 Å². The number of carbonyl (C=O) groups excluding carboxylic acids is 2. The summed E-state index contributed by atoms with van der Waals surface area (Å²) in [5.41, 5.74) is 1.05. The van der Waals surface area contributed by atoms with Crippen LogP contribution in [-0.2, 0) is 16.1 Å². The van der Waals surface area contributed by atoms with Gasteiger partial charge in [0, 0.05) is 6.54 Å². The van der Waals surface area contributed by atoms with Gasteiger partial charge in [0.1, 0.15) is 11.6 Å². The van der Waals surface area contributed by atoms with E-state index in [2.05, 4.69) is 21.2 Å². The number of benzene rings is 2. The number of halogens is 2. The lowest BCUT2D eigenvalue weighted by Crippen LogP contribution is -2.28. The van der Waals surface area contributed by atoms with E-state index in [0.29, 0.717) is 15.8 Å². The summed E-state index contributed by atoms with van der Waals surface area (Å²) >= 11 is 3.27. The van der Waals surface area contributed by atoms with Crippen LogP contribution in [0.25, 0.3) is 0 Å². The molecule has 0 saturated carbocycles. The Morgan fingerprint density at radius 2 is 1.88 bits per heavy atom. The van der Waals surface area contributed by atoms with Gasteiger partial charge in [0.15, 0.2) is 6.61 Å². The third-order valence-electron chi connectivity index (χ3n) is 3.12. The van der Waals surface area contributed by atoms with Crippen LogP contribution in [0.5, 0.6) is 5.75 Å². The molecule has 1 N–H and O–H groups in total. The van der Waals surface area contributed by atoms with Crippen molar-refractivity contribution in [1.29, 1.82) is 0 Å². The molecule has 0 spiro atoms. The minimum Gasteiger partial charge on any atom is -0.496 e. The van der Waals surface area contributed by atoms with Gasteiger partial charge in [0.25, 0.3) is 5.91 Å². The highest BCUT2D eigenvalue weighted by atomic mass is 79.9. The van der Waals surface area contributed by atoms with E-state index in [-0.39, 0.29) is 12.4 Å². The zero-order valence-electron chi connectivity index (χ0n) is 12.8. The molecule has 0 fully saturated rings. The van der Waals surface area contributed by atoms with Crippen molar-refractivity contribution >= 4 is 27.8 Å². The number of hydrogen-bond acceptors (Lipinski definition) is 4. The average Bonchev–Trinajstić information content (AvgIpc) is 2.59. The molecule has 126 valence electrons. The zero-order chi connectivity index (χ0) is 17.5. The van der Waals surface area contributed by atoms with Crippen LogP contribution in [0.4, 0.5) is 4.39 Å². The van der Waals surface area contributed by atoms with Crippen molar-refractivity contribution in [3.63, 3.8) is 0 Å². The Bertz CT molecular complexity index is 734. The standard InChI is InChI=1S/C17H15BrFNO4/c1-23-15-7-4-12(8-14(15)18)17(22)24-10-16(21)20-9-11-2-5-13(19)6-3-11/h2-8H,9-10H2,1H3,(H,20,21). The molecule has 2 aromatic carbocycles. The molecule has 0 bridgehead atoms. The molecule has 0 heterocycles.